The average molecular weight is 313 g/mol. The van der Waals surface area contributed by atoms with Gasteiger partial charge in [-0.1, -0.05) is 31.2 Å². The lowest BCUT2D eigenvalue weighted by Crippen LogP contribution is -2.29. The zero-order chi connectivity index (χ0) is 16.4. The summed E-state index contributed by atoms with van der Waals surface area (Å²) in [5, 5.41) is 9.02. The highest BCUT2D eigenvalue weighted by molar-refractivity contribution is 5.92. The Morgan fingerprint density at radius 1 is 1.22 bits per heavy atom. The summed E-state index contributed by atoms with van der Waals surface area (Å²) in [4.78, 5) is 24.9. The van der Waals surface area contributed by atoms with Crippen molar-refractivity contribution in [3.05, 3.63) is 47.7 Å². The third kappa shape index (κ3) is 3.13. The summed E-state index contributed by atoms with van der Waals surface area (Å²) in [5.41, 5.74) is 2.17. The molecule has 1 aromatic heterocycles. The summed E-state index contributed by atoms with van der Waals surface area (Å²) in [6.07, 6.45) is 1.47. The molecule has 3 rings (SSSR count). The van der Waals surface area contributed by atoms with Gasteiger partial charge in [-0.05, 0) is 30.5 Å². The van der Waals surface area contributed by atoms with Crippen LogP contribution in [0.3, 0.4) is 0 Å². The predicted octanol–water partition coefficient (Wildman–Crippen LogP) is 3.06. The van der Waals surface area contributed by atoms with E-state index in [0.29, 0.717) is 18.7 Å². The van der Waals surface area contributed by atoms with Gasteiger partial charge in [0.15, 0.2) is 5.76 Å². The van der Waals surface area contributed by atoms with Crippen LogP contribution in [0.1, 0.15) is 29.5 Å². The molecule has 0 spiro atoms. The Morgan fingerprint density at radius 2 is 1.96 bits per heavy atom. The van der Waals surface area contributed by atoms with Crippen LogP contribution in [0.15, 0.2) is 40.8 Å². The second-order valence-electron chi connectivity index (χ2n) is 5.79. The van der Waals surface area contributed by atoms with Gasteiger partial charge in [-0.3, -0.25) is 9.59 Å². The van der Waals surface area contributed by atoms with Gasteiger partial charge in [0, 0.05) is 18.7 Å². The van der Waals surface area contributed by atoms with Crippen LogP contribution in [0.2, 0.25) is 0 Å². The molecule has 1 amide bonds. The molecule has 1 saturated heterocycles. The second-order valence-corrected chi connectivity index (χ2v) is 5.79. The lowest BCUT2D eigenvalue weighted by atomic mass is 10.1. The standard InChI is InChI=1S/C18H19NO4/c1-2-12-3-5-13(6-4-12)15-7-8-16(23-15)17(20)19-10-9-14(11-19)18(21)22/h3-8,14H,2,9-11H2,1H3,(H,21,22)/t14-/m1/s1. The number of rotatable bonds is 4. The molecule has 5 heteroatoms. The van der Waals surface area contributed by atoms with E-state index in [9.17, 15) is 9.59 Å². The Labute approximate surface area is 134 Å². The van der Waals surface area contributed by atoms with E-state index in [1.54, 1.807) is 17.0 Å². The van der Waals surface area contributed by atoms with Crippen molar-refractivity contribution in [3.63, 3.8) is 0 Å². The van der Waals surface area contributed by atoms with Crippen LogP contribution in [0, 0.1) is 5.92 Å². The molecule has 1 aliphatic rings. The lowest BCUT2D eigenvalue weighted by Gasteiger charge is -2.13. The first kappa shape index (κ1) is 15.3. The molecular formula is C18H19NO4. The zero-order valence-electron chi connectivity index (χ0n) is 13.0. The topological polar surface area (TPSA) is 70.8 Å². The Morgan fingerprint density at radius 3 is 2.57 bits per heavy atom. The fourth-order valence-corrected chi connectivity index (χ4v) is 2.81. The number of carbonyl (C=O) groups excluding carboxylic acids is 1. The number of carboxylic acid groups (broad SMARTS) is 1. The smallest absolute Gasteiger partial charge is 0.308 e. The summed E-state index contributed by atoms with van der Waals surface area (Å²) in [7, 11) is 0. The predicted molar refractivity (Wildman–Crippen MR) is 85.2 cm³/mol. The van der Waals surface area contributed by atoms with Gasteiger partial charge in [0.1, 0.15) is 5.76 Å². The first-order valence-electron chi connectivity index (χ1n) is 7.79. The molecule has 0 saturated carbocycles. The number of benzene rings is 1. The summed E-state index contributed by atoms with van der Waals surface area (Å²) in [6, 6.07) is 11.5. The van der Waals surface area contributed by atoms with E-state index in [4.69, 9.17) is 9.52 Å². The summed E-state index contributed by atoms with van der Waals surface area (Å²) < 4.78 is 5.67. The number of nitrogens with zero attached hydrogens (tertiary/aromatic N) is 1. The van der Waals surface area contributed by atoms with E-state index in [-0.39, 0.29) is 18.2 Å². The highest BCUT2D eigenvalue weighted by Crippen LogP contribution is 2.25. The third-order valence-corrected chi connectivity index (χ3v) is 4.29. The maximum Gasteiger partial charge on any atom is 0.308 e. The molecule has 1 fully saturated rings. The Kier molecular flexibility index (Phi) is 4.19. The normalized spacial score (nSPS) is 17.4. The van der Waals surface area contributed by atoms with Gasteiger partial charge in [-0.25, -0.2) is 0 Å². The van der Waals surface area contributed by atoms with Crippen LogP contribution in [-0.2, 0) is 11.2 Å². The monoisotopic (exact) mass is 313 g/mol. The molecule has 1 N–H and O–H groups in total. The SMILES string of the molecule is CCc1ccc(-c2ccc(C(=O)N3CC[C@@H](C(=O)O)C3)o2)cc1. The summed E-state index contributed by atoms with van der Waals surface area (Å²) in [5.74, 6) is -0.674. The Bertz CT molecular complexity index is 717. The van der Waals surface area contributed by atoms with Crippen molar-refractivity contribution in [2.75, 3.05) is 13.1 Å². The molecule has 0 radical (unpaired) electrons. The van der Waals surface area contributed by atoms with Crippen molar-refractivity contribution in [3.8, 4) is 11.3 Å². The molecule has 23 heavy (non-hydrogen) atoms. The fraction of sp³-hybridized carbons (Fsp3) is 0.333. The lowest BCUT2D eigenvalue weighted by molar-refractivity contribution is -0.141. The van der Waals surface area contributed by atoms with Crippen LogP contribution in [0.4, 0.5) is 0 Å². The number of aliphatic carboxylic acids is 1. The van der Waals surface area contributed by atoms with Gasteiger partial charge < -0.3 is 14.4 Å². The molecule has 5 nitrogen and oxygen atoms in total. The van der Waals surface area contributed by atoms with Gasteiger partial charge in [-0.2, -0.15) is 0 Å². The van der Waals surface area contributed by atoms with Gasteiger partial charge in [0.05, 0.1) is 5.92 Å². The third-order valence-electron chi connectivity index (χ3n) is 4.29. The van der Waals surface area contributed by atoms with Gasteiger partial charge >= 0.3 is 5.97 Å². The van der Waals surface area contributed by atoms with E-state index in [0.717, 1.165) is 12.0 Å². The first-order valence-corrected chi connectivity index (χ1v) is 7.79. The number of likely N-dealkylation sites (tertiary alicyclic amines) is 1. The molecule has 120 valence electrons. The molecule has 2 heterocycles. The minimum atomic E-state index is -0.851. The average Bonchev–Trinajstić information content (AvgIpc) is 3.24. The number of hydrogen-bond acceptors (Lipinski definition) is 3. The zero-order valence-corrected chi connectivity index (χ0v) is 13.0. The number of carbonyl (C=O) groups is 2. The summed E-state index contributed by atoms with van der Waals surface area (Å²) >= 11 is 0. The van der Waals surface area contributed by atoms with Crippen molar-refractivity contribution in [2.24, 2.45) is 5.92 Å². The van der Waals surface area contributed by atoms with E-state index >= 15 is 0 Å². The van der Waals surface area contributed by atoms with Crippen molar-refractivity contribution in [1.82, 2.24) is 4.90 Å². The van der Waals surface area contributed by atoms with Crippen molar-refractivity contribution >= 4 is 11.9 Å². The molecule has 0 bridgehead atoms. The maximum absolute atomic E-state index is 12.4. The molecule has 1 aliphatic heterocycles. The molecule has 1 atom stereocenters. The molecule has 0 unspecified atom stereocenters. The molecule has 1 aromatic carbocycles. The van der Waals surface area contributed by atoms with Gasteiger partial charge in [0.2, 0.25) is 0 Å². The van der Waals surface area contributed by atoms with Crippen LogP contribution < -0.4 is 0 Å². The molecule has 2 aromatic rings. The maximum atomic E-state index is 12.4. The minimum absolute atomic E-state index is 0.245. The Balaban J connectivity index is 1.73. The van der Waals surface area contributed by atoms with Crippen LogP contribution in [0.5, 0.6) is 0 Å². The van der Waals surface area contributed by atoms with Crippen LogP contribution in [0.25, 0.3) is 11.3 Å². The number of carboxylic acids is 1. The largest absolute Gasteiger partial charge is 0.481 e. The second kappa shape index (κ2) is 6.28. The van der Waals surface area contributed by atoms with Gasteiger partial charge in [0.25, 0.3) is 5.91 Å². The number of hydrogen-bond donors (Lipinski definition) is 1. The highest BCUT2D eigenvalue weighted by Gasteiger charge is 2.32. The molecular weight excluding hydrogens is 294 g/mol. The van der Waals surface area contributed by atoms with E-state index in [1.807, 2.05) is 24.3 Å². The first-order chi connectivity index (χ1) is 11.1. The van der Waals surface area contributed by atoms with Crippen LogP contribution >= 0.6 is 0 Å². The number of furan rings is 1. The Hall–Kier alpha value is -2.56. The van der Waals surface area contributed by atoms with Gasteiger partial charge in [-0.15, -0.1) is 0 Å². The van der Waals surface area contributed by atoms with E-state index in [2.05, 4.69) is 6.92 Å². The quantitative estimate of drug-likeness (QED) is 0.941. The van der Waals surface area contributed by atoms with E-state index < -0.39 is 11.9 Å². The van der Waals surface area contributed by atoms with Crippen molar-refractivity contribution < 1.29 is 19.1 Å². The fourth-order valence-electron chi connectivity index (χ4n) is 2.81. The number of aryl methyl sites for hydroxylation is 1. The molecule has 0 aliphatic carbocycles. The minimum Gasteiger partial charge on any atom is -0.481 e. The van der Waals surface area contributed by atoms with Crippen molar-refractivity contribution in [2.45, 2.75) is 19.8 Å². The van der Waals surface area contributed by atoms with Crippen molar-refractivity contribution in [1.29, 1.82) is 0 Å². The van der Waals surface area contributed by atoms with Crippen LogP contribution in [-0.4, -0.2) is 35.0 Å². The number of amides is 1. The highest BCUT2D eigenvalue weighted by atomic mass is 16.4. The van der Waals surface area contributed by atoms with E-state index in [1.165, 1.54) is 5.56 Å². The summed E-state index contributed by atoms with van der Waals surface area (Å²) in [6.45, 7) is 2.80.